The van der Waals surface area contributed by atoms with E-state index in [2.05, 4.69) is 6.92 Å². The van der Waals surface area contributed by atoms with Crippen LogP contribution in [0.4, 0.5) is 0 Å². The molecule has 0 saturated heterocycles. The number of carbonyl (C=O) groups is 2. The van der Waals surface area contributed by atoms with E-state index in [1.165, 1.54) is 51.4 Å². The highest BCUT2D eigenvalue weighted by Crippen LogP contribution is 2.28. The molecule has 4 nitrogen and oxygen atoms in total. The van der Waals surface area contributed by atoms with E-state index in [0.29, 0.717) is 26.1 Å². The van der Waals surface area contributed by atoms with Gasteiger partial charge in [-0.25, -0.2) is 0 Å². The van der Waals surface area contributed by atoms with Crippen molar-refractivity contribution in [1.29, 1.82) is 0 Å². The highest BCUT2D eigenvalue weighted by molar-refractivity contribution is 5.82. The van der Waals surface area contributed by atoms with Crippen LogP contribution in [0.5, 0.6) is 0 Å². The molecule has 0 amide bonds. The molecule has 0 aromatic heterocycles. The van der Waals surface area contributed by atoms with Crippen LogP contribution < -0.4 is 0 Å². The second-order valence-corrected chi connectivity index (χ2v) is 7.26. The van der Waals surface area contributed by atoms with E-state index in [1.54, 1.807) is 6.92 Å². The maximum Gasteiger partial charge on any atom is 0.310 e. The van der Waals surface area contributed by atoms with E-state index in [0.717, 1.165) is 12.8 Å². The van der Waals surface area contributed by atoms with Crippen molar-refractivity contribution in [1.82, 2.24) is 0 Å². The Morgan fingerprint density at radius 1 is 0.731 bits per heavy atom. The first-order chi connectivity index (χ1) is 12.7. The summed E-state index contributed by atoms with van der Waals surface area (Å²) in [4.78, 5) is 24.3. The molecule has 4 heteroatoms. The first-order valence-corrected chi connectivity index (χ1v) is 10.7. The van der Waals surface area contributed by atoms with Crippen molar-refractivity contribution in [2.24, 2.45) is 11.8 Å². The molecular formula is C22H38O4. The number of hydrogen-bond acceptors (Lipinski definition) is 4. The van der Waals surface area contributed by atoms with Crippen LogP contribution in [0.2, 0.25) is 0 Å². The van der Waals surface area contributed by atoms with Crippen LogP contribution in [0.1, 0.15) is 90.9 Å². The number of ether oxygens (including phenoxy) is 2. The van der Waals surface area contributed by atoms with E-state index in [1.807, 2.05) is 12.2 Å². The zero-order valence-corrected chi connectivity index (χ0v) is 16.8. The summed E-state index contributed by atoms with van der Waals surface area (Å²) >= 11 is 0. The van der Waals surface area contributed by atoms with Gasteiger partial charge in [0.25, 0.3) is 0 Å². The molecule has 1 aliphatic carbocycles. The average Bonchev–Trinajstić information content (AvgIpc) is 2.66. The fourth-order valence-electron chi connectivity index (χ4n) is 3.45. The Labute approximate surface area is 159 Å². The second-order valence-electron chi connectivity index (χ2n) is 7.26. The summed E-state index contributed by atoms with van der Waals surface area (Å²) in [7, 11) is 0. The summed E-state index contributed by atoms with van der Waals surface area (Å²) in [6, 6.07) is 0. The number of carbonyl (C=O) groups excluding carboxylic acids is 2. The number of unbranched alkanes of at least 4 members (excludes halogenated alkanes) is 9. The van der Waals surface area contributed by atoms with Crippen LogP contribution in [0.15, 0.2) is 12.2 Å². The first kappa shape index (κ1) is 22.7. The Hall–Kier alpha value is -1.32. The van der Waals surface area contributed by atoms with Gasteiger partial charge in [-0.1, -0.05) is 76.9 Å². The predicted octanol–water partition coefficient (Wildman–Crippen LogP) is 5.60. The molecule has 1 rings (SSSR count). The highest BCUT2D eigenvalue weighted by Gasteiger charge is 2.36. The monoisotopic (exact) mass is 366 g/mol. The van der Waals surface area contributed by atoms with Crippen molar-refractivity contribution < 1.29 is 19.1 Å². The normalized spacial score (nSPS) is 19.3. The molecule has 1 aliphatic rings. The van der Waals surface area contributed by atoms with Gasteiger partial charge in [-0.05, 0) is 26.2 Å². The van der Waals surface area contributed by atoms with Crippen molar-refractivity contribution in [2.75, 3.05) is 13.2 Å². The number of allylic oxidation sites excluding steroid dienone is 2. The van der Waals surface area contributed by atoms with E-state index in [4.69, 9.17) is 9.47 Å². The minimum atomic E-state index is -0.389. The lowest BCUT2D eigenvalue weighted by Crippen LogP contribution is -2.33. The average molecular weight is 367 g/mol. The van der Waals surface area contributed by atoms with Crippen LogP contribution in [0.25, 0.3) is 0 Å². The Morgan fingerprint density at radius 3 is 1.69 bits per heavy atom. The van der Waals surface area contributed by atoms with Gasteiger partial charge in [-0.2, -0.15) is 0 Å². The van der Waals surface area contributed by atoms with Gasteiger partial charge in [0.1, 0.15) is 0 Å². The largest absolute Gasteiger partial charge is 0.466 e. The fraction of sp³-hybridized carbons (Fsp3) is 0.818. The van der Waals surface area contributed by atoms with Gasteiger partial charge < -0.3 is 9.47 Å². The van der Waals surface area contributed by atoms with Crippen molar-refractivity contribution in [3.8, 4) is 0 Å². The van der Waals surface area contributed by atoms with E-state index in [-0.39, 0.29) is 23.8 Å². The quantitative estimate of drug-likeness (QED) is 0.228. The Morgan fingerprint density at radius 2 is 1.19 bits per heavy atom. The van der Waals surface area contributed by atoms with E-state index in [9.17, 15) is 9.59 Å². The standard InChI is InChI=1S/C22H38O4/c1-3-5-6-7-8-9-10-11-12-15-18-26-22(24)20-17-14-13-16-19(20)21(23)25-4-2/h13-14,19-20H,3-12,15-18H2,1-2H3. The first-order valence-electron chi connectivity index (χ1n) is 10.7. The second kappa shape index (κ2) is 14.8. The molecular weight excluding hydrogens is 328 g/mol. The Kier molecular flexibility index (Phi) is 12.9. The molecule has 0 aromatic carbocycles. The van der Waals surface area contributed by atoms with Gasteiger partial charge in [-0.15, -0.1) is 0 Å². The van der Waals surface area contributed by atoms with Crippen molar-refractivity contribution in [3.63, 3.8) is 0 Å². The molecule has 0 heterocycles. The Balaban J connectivity index is 2.10. The summed E-state index contributed by atoms with van der Waals surface area (Å²) in [5, 5.41) is 0. The summed E-state index contributed by atoms with van der Waals surface area (Å²) in [6.45, 7) is 4.84. The summed E-state index contributed by atoms with van der Waals surface area (Å²) in [5.74, 6) is -1.30. The van der Waals surface area contributed by atoms with E-state index < -0.39 is 0 Å². The van der Waals surface area contributed by atoms with Gasteiger partial charge in [0.05, 0.1) is 25.0 Å². The third-order valence-electron chi connectivity index (χ3n) is 5.07. The topological polar surface area (TPSA) is 52.6 Å². The fourth-order valence-corrected chi connectivity index (χ4v) is 3.45. The number of esters is 2. The molecule has 0 bridgehead atoms. The van der Waals surface area contributed by atoms with Crippen molar-refractivity contribution in [2.45, 2.75) is 90.9 Å². The van der Waals surface area contributed by atoms with Crippen molar-refractivity contribution in [3.05, 3.63) is 12.2 Å². The summed E-state index contributed by atoms with van der Waals surface area (Å²) < 4.78 is 10.5. The Bertz CT molecular complexity index is 416. The molecule has 0 spiro atoms. The lowest BCUT2D eigenvalue weighted by Gasteiger charge is -2.25. The zero-order valence-electron chi connectivity index (χ0n) is 16.8. The smallest absolute Gasteiger partial charge is 0.310 e. The number of hydrogen-bond donors (Lipinski definition) is 0. The van der Waals surface area contributed by atoms with Crippen LogP contribution >= 0.6 is 0 Å². The molecule has 0 fully saturated rings. The molecule has 0 saturated carbocycles. The summed E-state index contributed by atoms with van der Waals surface area (Å²) in [5.41, 5.74) is 0. The highest BCUT2D eigenvalue weighted by atomic mass is 16.5. The maximum absolute atomic E-state index is 12.3. The van der Waals surface area contributed by atoms with E-state index >= 15 is 0 Å². The minimum Gasteiger partial charge on any atom is -0.466 e. The van der Waals surface area contributed by atoms with Crippen molar-refractivity contribution >= 4 is 11.9 Å². The lowest BCUT2D eigenvalue weighted by atomic mass is 9.83. The van der Waals surface area contributed by atoms with Crippen LogP contribution in [-0.2, 0) is 19.1 Å². The van der Waals surface area contributed by atoms with Gasteiger partial charge in [0, 0.05) is 0 Å². The molecule has 0 radical (unpaired) electrons. The maximum atomic E-state index is 12.3. The third-order valence-corrected chi connectivity index (χ3v) is 5.07. The molecule has 26 heavy (non-hydrogen) atoms. The zero-order chi connectivity index (χ0) is 19.0. The molecule has 150 valence electrons. The third kappa shape index (κ3) is 9.40. The van der Waals surface area contributed by atoms with Gasteiger partial charge >= 0.3 is 11.9 Å². The lowest BCUT2D eigenvalue weighted by molar-refractivity contribution is -0.160. The van der Waals surface area contributed by atoms with Gasteiger partial charge in [0.2, 0.25) is 0 Å². The minimum absolute atomic E-state index is 0.247. The SMILES string of the molecule is CCCCCCCCCCCCOC(=O)C1CC=CCC1C(=O)OCC. The number of rotatable bonds is 14. The molecule has 0 aliphatic heterocycles. The molecule has 0 aromatic rings. The molecule has 0 N–H and O–H groups in total. The predicted molar refractivity (Wildman–Crippen MR) is 105 cm³/mol. The van der Waals surface area contributed by atoms with Crippen LogP contribution in [0.3, 0.4) is 0 Å². The molecule has 2 atom stereocenters. The van der Waals surface area contributed by atoms with Gasteiger partial charge in [-0.3, -0.25) is 9.59 Å². The van der Waals surface area contributed by atoms with Crippen LogP contribution in [0, 0.1) is 11.8 Å². The van der Waals surface area contributed by atoms with Crippen LogP contribution in [-0.4, -0.2) is 25.2 Å². The summed E-state index contributed by atoms with van der Waals surface area (Å²) in [6.07, 6.45) is 17.6. The molecule has 2 unspecified atom stereocenters. The van der Waals surface area contributed by atoms with Gasteiger partial charge in [0.15, 0.2) is 0 Å².